The second kappa shape index (κ2) is 5.82. The fourth-order valence-corrected chi connectivity index (χ4v) is 1.85. The second-order valence-corrected chi connectivity index (χ2v) is 3.93. The van der Waals surface area contributed by atoms with E-state index in [1.54, 1.807) is 0 Å². The smallest absolute Gasteiger partial charge is 0.00676 e. The van der Waals surface area contributed by atoms with Gasteiger partial charge in [0.05, 0.1) is 0 Å². The first-order valence-corrected chi connectivity index (χ1v) is 5.57. The molecule has 1 aromatic rings. The quantitative estimate of drug-likeness (QED) is 0.760. The molecule has 0 fully saturated rings. The van der Waals surface area contributed by atoms with Gasteiger partial charge in [-0.2, -0.15) is 0 Å². The summed E-state index contributed by atoms with van der Waals surface area (Å²) >= 11 is 0. The van der Waals surface area contributed by atoms with E-state index in [4.69, 9.17) is 5.73 Å². The molecule has 78 valence electrons. The molecule has 2 N–H and O–H groups in total. The molecule has 0 aliphatic heterocycles. The van der Waals surface area contributed by atoms with Gasteiger partial charge in [0.15, 0.2) is 0 Å². The average molecular weight is 191 g/mol. The van der Waals surface area contributed by atoms with Gasteiger partial charge in [-0.25, -0.2) is 0 Å². The Kier molecular flexibility index (Phi) is 4.68. The maximum atomic E-state index is 6.08. The topological polar surface area (TPSA) is 26.0 Å². The molecule has 2 atom stereocenters. The highest BCUT2D eigenvalue weighted by molar-refractivity contribution is 5.15. The van der Waals surface area contributed by atoms with Gasteiger partial charge < -0.3 is 5.73 Å². The molecule has 1 nitrogen and oxygen atoms in total. The second-order valence-electron chi connectivity index (χ2n) is 3.93. The summed E-state index contributed by atoms with van der Waals surface area (Å²) in [6, 6.07) is 11.0. The van der Waals surface area contributed by atoms with Crippen molar-refractivity contribution >= 4 is 0 Å². The molecule has 0 aliphatic rings. The van der Waals surface area contributed by atoms with Gasteiger partial charge in [0.25, 0.3) is 0 Å². The van der Waals surface area contributed by atoms with Crippen LogP contribution in [-0.4, -0.2) is 6.04 Å². The number of benzene rings is 1. The molecular formula is C13H21N. The lowest BCUT2D eigenvalue weighted by Crippen LogP contribution is -2.30. The van der Waals surface area contributed by atoms with Crippen molar-refractivity contribution in [3.8, 4) is 0 Å². The van der Waals surface area contributed by atoms with E-state index in [0.29, 0.717) is 12.0 Å². The molecule has 1 aromatic carbocycles. The first-order chi connectivity index (χ1) is 6.77. The van der Waals surface area contributed by atoms with Gasteiger partial charge in [0, 0.05) is 6.04 Å². The van der Waals surface area contributed by atoms with Crippen molar-refractivity contribution < 1.29 is 0 Å². The fourth-order valence-electron chi connectivity index (χ4n) is 1.85. The van der Waals surface area contributed by atoms with Crippen LogP contribution in [0.5, 0.6) is 0 Å². The Morgan fingerprint density at radius 3 is 2.21 bits per heavy atom. The zero-order valence-electron chi connectivity index (χ0n) is 9.24. The third-order valence-electron chi connectivity index (χ3n) is 2.94. The molecule has 0 heterocycles. The molecule has 1 heteroatoms. The fraction of sp³-hybridized carbons (Fsp3) is 0.538. The number of rotatable bonds is 5. The summed E-state index contributed by atoms with van der Waals surface area (Å²) in [7, 11) is 0. The van der Waals surface area contributed by atoms with E-state index in [0.717, 1.165) is 12.8 Å². The van der Waals surface area contributed by atoms with E-state index in [-0.39, 0.29) is 0 Å². The molecule has 1 rings (SSSR count). The maximum Gasteiger partial charge on any atom is 0.00676 e. The molecule has 0 aliphatic carbocycles. The largest absolute Gasteiger partial charge is 0.327 e. The minimum atomic E-state index is 0.347. The summed E-state index contributed by atoms with van der Waals surface area (Å²) in [4.78, 5) is 0. The van der Waals surface area contributed by atoms with Gasteiger partial charge in [-0.05, 0) is 24.3 Å². The van der Waals surface area contributed by atoms with E-state index in [1.165, 1.54) is 12.0 Å². The van der Waals surface area contributed by atoms with Gasteiger partial charge in [-0.15, -0.1) is 0 Å². The predicted octanol–water partition coefficient (Wildman–Crippen LogP) is 2.99. The summed E-state index contributed by atoms with van der Waals surface area (Å²) in [5.41, 5.74) is 7.48. The molecule has 14 heavy (non-hydrogen) atoms. The molecular weight excluding hydrogens is 170 g/mol. The lowest BCUT2D eigenvalue weighted by molar-refractivity contribution is 0.396. The highest BCUT2D eigenvalue weighted by Crippen LogP contribution is 2.16. The van der Waals surface area contributed by atoms with Crippen molar-refractivity contribution in [3.05, 3.63) is 35.9 Å². The molecule has 2 unspecified atom stereocenters. The van der Waals surface area contributed by atoms with Crippen LogP contribution in [0.3, 0.4) is 0 Å². The number of hydrogen-bond acceptors (Lipinski definition) is 1. The summed E-state index contributed by atoms with van der Waals surface area (Å²) in [6.07, 6.45) is 3.36. The Morgan fingerprint density at radius 1 is 1.07 bits per heavy atom. The van der Waals surface area contributed by atoms with Crippen LogP contribution in [0.2, 0.25) is 0 Å². The lowest BCUT2D eigenvalue weighted by atomic mass is 9.89. The van der Waals surface area contributed by atoms with Crippen molar-refractivity contribution in [2.75, 3.05) is 0 Å². The van der Waals surface area contributed by atoms with Crippen LogP contribution in [0.4, 0.5) is 0 Å². The number of nitrogens with two attached hydrogens (primary N) is 1. The van der Waals surface area contributed by atoms with E-state index >= 15 is 0 Å². The first-order valence-electron chi connectivity index (χ1n) is 5.57. The van der Waals surface area contributed by atoms with Gasteiger partial charge in [0.2, 0.25) is 0 Å². The van der Waals surface area contributed by atoms with Crippen LogP contribution in [0.25, 0.3) is 0 Å². The van der Waals surface area contributed by atoms with Gasteiger partial charge in [-0.1, -0.05) is 50.6 Å². The van der Waals surface area contributed by atoms with Crippen molar-refractivity contribution in [1.29, 1.82) is 0 Å². The first kappa shape index (κ1) is 11.3. The normalized spacial score (nSPS) is 15.1. The molecule has 0 bridgehead atoms. The summed E-state index contributed by atoms with van der Waals surface area (Å²) in [5, 5.41) is 0. The van der Waals surface area contributed by atoms with Crippen molar-refractivity contribution in [2.45, 2.75) is 39.2 Å². The van der Waals surface area contributed by atoms with Crippen LogP contribution in [-0.2, 0) is 6.42 Å². The minimum Gasteiger partial charge on any atom is -0.327 e. The highest BCUT2D eigenvalue weighted by Gasteiger charge is 2.14. The molecule has 0 amide bonds. The van der Waals surface area contributed by atoms with Crippen molar-refractivity contribution in [1.82, 2.24) is 0 Å². The van der Waals surface area contributed by atoms with Crippen LogP contribution >= 0.6 is 0 Å². The predicted molar refractivity (Wildman–Crippen MR) is 62.2 cm³/mol. The third-order valence-corrected chi connectivity index (χ3v) is 2.94. The van der Waals surface area contributed by atoms with Crippen molar-refractivity contribution in [3.63, 3.8) is 0 Å². The summed E-state index contributed by atoms with van der Waals surface area (Å²) < 4.78 is 0. The molecule has 0 spiro atoms. The lowest BCUT2D eigenvalue weighted by Gasteiger charge is -2.21. The summed E-state index contributed by atoms with van der Waals surface area (Å²) in [5.74, 6) is 0.627. The van der Waals surface area contributed by atoms with Gasteiger partial charge in [0.1, 0.15) is 0 Å². The Morgan fingerprint density at radius 2 is 1.71 bits per heavy atom. The molecule has 0 aromatic heterocycles. The zero-order valence-corrected chi connectivity index (χ0v) is 9.24. The zero-order chi connectivity index (χ0) is 10.4. The van der Waals surface area contributed by atoms with Crippen LogP contribution in [0, 0.1) is 5.92 Å². The maximum absolute atomic E-state index is 6.08. The Labute approximate surface area is 87.3 Å². The van der Waals surface area contributed by atoms with E-state index < -0.39 is 0 Å². The van der Waals surface area contributed by atoms with Crippen LogP contribution in [0.1, 0.15) is 32.3 Å². The molecule has 0 saturated heterocycles. The Hall–Kier alpha value is -0.820. The van der Waals surface area contributed by atoms with Crippen molar-refractivity contribution in [2.24, 2.45) is 11.7 Å². The van der Waals surface area contributed by atoms with Crippen LogP contribution < -0.4 is 5.73 Å². The Bertz CT molecular complexity index is 243. The van der Waals surface area contributed by atoms with E-state index in [1.807, 2.05) is 0 Å². The van der Waals surface area contributed by atoms with E-state index in [2.05, 4.69) is 44.2 Å². The monoisotopic (exact) mass is 191 g/mol. The SMILES string of the molecule is CCC(N)C(CC)Cc1ccccc1. The Balaban J connectivity index is 2.57. The standard InChI is InChI=1S/C13H21N/c1-3-12(13(14)4-2)10-11-8-6-5-7-9-11/h5-9,12-13H,3-4,10,14H2,1-2H3. The molecule has 0 radical (unpaired) electrons. The minimum absolute atomic E-state index is 0.347. The van der Waals surface area contributed by atoms with Gasteiger partial charge in [-0.3, -0.25) is 0 Å². The molecule has 0 saturated carbocycles. The van der Waals surface area contributed by atoms with Gasteiger partial charge >= 0.3 is 0 Å². The average Bonchev–Trinajstić information content (AvgIpc) is 2.26. The van der Waals surface area contributed by atoms with E-state index in [9.17, 15) is 0 Å². The van der Waals surface area contributed by atoms with Crippen LogP contribution in [0.15, 0.2) is 30.3 Å². The number of hydrogen-bond donors (Lipinski definition) is 1. The summed E-state index contributed by atoms with van der Waals surface area (Å²) in [6.45, 7) is 4.39. The highest BCUT2D eigenvalue weighted by atomic mass is 14.6. The third kappa shape index (κ3) is 3.15.